The second kappa shape index (κ2) is 16.6. The van der Waals surface area contributed by atoms with Crippen molar-refractivity contribution in [2.75, 3.05) is 13.9 Å². The summed E-state index contributed by atoms with van der Waals surface area (Å²) in [5, 5.41) is 3.23. The van der Waals surface area contributed by atoms with Gasteiger partial charge in [-0.2, -0.15) is 0 Å². The zero-order valence-corrected chi connectivity index (χ0v) is 28.6. The number of allylic oxidation sites excluding steroid dienone is 2. The van der Waals surface area contributed by atoms with E-state index in [2.05, 4.69) is 72.1 Å². The first-order chi connectivity index (χ1) is 18.5. The quantitative estimate of drug-likeness (QED) is 0.121. The molecule has 0 aromatic heterocycles. The van der Waals surface area contributed by atoms with Gasteiger partial charge in [-0.25, -0.2) is 4.79 Å². The number of alkyl carbamates (subject to hydrolysis) is 1. The minimum absolute atomic E-state index is 0.0443. The summed E-state index contributed by atoms with van der Waals surface area (Å²) in [6.45, 7) is 24.0. The highest BCUT2D eigenvalue weighted by molar-refractivity contribution is 6.74. The van der Waals surface area contributed by atoms with Crippen molar-refractivity contribution in [1.82, 2.24) is 5.32 Å². The minimum atomic E-state index is -2.13. The number of carbonyl (C=O) groups is 1. The molecule has 0 aliphatic rings. The van der Waals surface area contributed by atoms with Gasteiger partial charge < -0.3 is 24.0 Å². The van der Waals surface area contributed by atoms with Gasteiger partial charge in [0.15, 0.2) is 15.1 Å². The summed E-state index contributed by atoms with van der Waals surface area (Å²) in [6.07, 6.45) is 8.78. The summed E-state index contributed by atoms with van der Waals surface area (Å²) >= 11 is 0. The number of methoxy groups -OCH3 is 1. The van der Waals surface area contributed by atoms with E-state index in [-0.39, 0.29) is 24.0 Å². The maximum absolute atomic E-state index is 13.0. The minimum Gasteiger partial charge on any atom is -0.468 e. The Hall–Kier alpha value is -1.83. The molecule has 0 saturated carbocycles. The highest BCUT2D eigenvalue weighted by Crippen LogP contribution is 2.38. The summed E-state index contributed by atoms with van der Waals surface area (Å²) in [7, 11) is -0.526. The lowest BCUT2D eigenvalue weighted by molar-refractivity contribution is 0.0426. The van der Waals surface area contributed by atoms with Crippen molar-refractivity contribution in [3.05, 3.63) is 42.0 Å². The van der Waals surface area contributed by atoms with Gasteiger partial charge in [0.05, 0.1) is 12.1 Å². The molecule has 1 aromatic rings. The third kappa shape index (κ3) is 14.2. The van der Waals surface area contributed by atoms with Gasteiger partial charge in [-0.05, 0) is 94.1 Å². The van der Waals surface area contributed by atoms with Crippen LogP contribution in [0.1, 0.15) is 93.6 Å². The highest BCUT2D eigenvalue weighted by atomic mass is 28.4. The lowest BCUT2D eigenvalue weighted by atomic mass is 9.94. The van der Waals surface area contributed by atoms with Crippen LogP contribution in [0.4, 0.5) is 4.79 Å². The molecular weight excluding hydrogens is 518 g/mol. The Morgan fingerprint density at radius 2 is 1.68 bits per heavy atom. The average molecular weight is 578 g/mol. The van der Waals surface area contributed by atoms with Crippen LogP contribution in [0.15, 0.2) is 36.4 Å². The molecule has 1 amide bonds. The Labute approximate surface area is 246 Å². The van der Waals surface area contributed by atoms with E-state index in [1.54, 1.807) is 7.11 Å². The molecule has 0 radical (unpaired) electrons. The Kier molecular flexibility index (Phi) is 15.0. The molecule has 0 saturated heterocycles. The van der Waals surface area contributed by atoms with E-state index in [0.29, 0.717) is 12.3 Å². The molecule has 0 bridgehead atoms. The molecule has 0 unspecified atom stereocenters. The zero-order chi connectivity index (χ0) is 30.6. The predicted octanol–water partition coefficient (Wildman–Crippen LogP) is 8.90. The van der Waals surface area contributed by atoms with Crippen LogP contribution in [0.3, 0.4) is 0 Å². The molecule has 1 N–H and O–H groups in total. The Morgan fingerprint density at radius 3 is 2.20 bits per heavy atom. The van der Waals surface area contributed by atoms with Gasteiger partial charge in [0.25, 0.3) is 0 Å². The normalized spacial score (nSPS) is 15.9. The third-order valence-electron chi connectivity index (χ3n) is 7.68. The molecule has 0 spiro atoms. The standard InChI is InChI=1S/C33H59NO5Si/c1-13-25(2)22-26(3)16-14-15-17-30(39-40(11,12)33(7,8)9)29(34-31(35)38-32(4,5)6)23-27-18-20-28(21-19-27)37-24-36-10/h14,16,18-21,25-26,29-30H,13,15,17,22-24H2,1-12H3,(H,34,35)/b16-14+/t25-,26+,29+,30+/m0/s1. The maximum Gasteiger partial charge on any atom is 0.407 e. The van der Waals surface area contributed by atoms with Crippen LogP contribution >= 0.6 is 0 Å². The molecule has 230 valence electrons. The van der Waals surface area contributed by atoms with E-state index >= 15 is 0 Å². The fourth-order valence-corrected chi connectivity index (χ4v) is 5.60. The molecule has 0 aliphatic carbocycles. The molecule has 1 aromatic carbocycles. The van der Waals surface area contributed by atoms with Crippen molar-refractivity contribution in [2.45, 2.75) is 130 Å². The van der Waals surface area contributed by atoms with Crippen molar-refractivity contribution >= 4 is 14.4 Å². The Morgan fingerprint density at radius 1 is 1.05 bits per heavy atom. The monoisotopic (exact) mass is 577 g/mol. The van der Waals surface area contributed by atoms with E-state index in [1.165, 1.54) is 12.8 Å². The van der Waals surface area contributed by atoms with Gasteiger partial charge in [-0.1, -0.05) is 72.2 Å². The van der Waals surface area contributed by atoms with Crippen LogP contribution in [-0.4, -0.2) is 46.1 Å². The van der Waals surface area contributed by atoms with E-state index in [4.69, 9.17) is 18.6 Å². The Bertz CT molecular complexity index is 886. The molecule has 40 heavy (non-hydrogen) atoms. The van der Waals surface area contributed by atoms with Crippen LogP contribution in [0.5, 0.6) is 5.75 Å². The number of hydrogen-bond acceptors (Lipinski definition) is 5. The summed E-state index contributed by atoms with van der Waals surface area (Å²) in [5.41, 5.74) is 0.506. The van der Waals surface area contributed by atoms with E-state index < -0.39 is 20.0 Å². The van der Waals surface area contributed by atoms with Gasteiger partial charge in [-0.15, -0.1) is 0 Å². The number of nitrogens with one attached hydrogen (secondary N) is 1. The first kappa shape index (κ1) is 36.2. The van der Waals surface area contributed by atoms with Crippen molar-refractivity contribution < 1.29 is 23.4 Å². The first-order valence-corrected chi connectivity index (χ1v) is 17.9. The molecular formula is C33H59NO5Si. The highest BCUT2D eigenvalue weighted by Gasteiger charge is 2.41. The maximum atomic E-state index is 13.0. The molecule has 4 atom stereocenters. The fourth-order valence-electron chi connectivity index (χ4n) is 4.20. The van der Waals surface area contributed by atoms with Gasteiger partial charge in [0.2, 0.25) is 0 Å². The van der Waals surface area contributed by atoms with E-state index in [9.17, 15) is 4.79 Å². The van der Waals surface area contributed by atoms with Crippen LogP contribution in [0.25, 0.3) is 0 Å². The molecule has 6 nitrogen and oxygen atoms in total. The van der Waals surface area contributed by atoms with Gasteiger partial charge in [-0.3, -0.25) is 0 Å². The van der Waals surface area contributed by atoms with Crippen LogP contribution in [0, 0.1) is 11.8 Å². The van der Waals surface area contributed by atoms with Crippen molar-refractivity contribution in [1.29, 1.82) is 0 Å². The second-order valence-electron chi connectivity index (χ2n) is 13.8. The molecule has 1 rings (SSSR count). The number of hydrogen-bond donors (Lipinski definition) is 1. The van der Waals surface area contributed by atoms with Gasteiger partial charge in [0.1, 0.15) is 11.4 Å². The van der Waals surface area contributed by atoms with Crippen LogP contribution < -0.4 is 10.1 Å². The molecule has 0 aliphatic heterocycles. The number of amides is 1. The van der Waals surface area contributed by atoms with Crippen molar-refractivity contribution in [3.8, 4) is 5.75 Å². The van der Waals surface area contributed by atoms with Gasteiger partial charge in [0, 0.05) is 7.11 Å². The summed E-state index contributed by atoms with van der Waals surface area (Å²) in [6, 6.07) is 7.69. The van der Waals surface area contributed by atoms with E-state index in [0.717, 1.165) is 30.1 Å². The topological polar surface area (TPSA) is 66.0 Å². The van der Waals surface area contributed by atoms with Crippen molar-refractivity contribution in [3.63, 3.8) is 0 Å². The smallest absolute Gasteiger partial charge is 0.407 e. The largest absolute Gasteiger partial charge is 0.468 e. The van der Waals surface area contributed by atoms with E-state index in [1.807, 2.05) is 45.0 Å². The predicted molar refractivity (Wildman–Crippen MR) is 169 cm³/mol. The molecule has 0 heterocycles. The molecule has 0 fully saturated rings. The summed E-state index contributed by atoms with van der Waals surface area (Å²) < 4.78 is 23.3. The van der Waals surface area contributed by atoms with Crippen LogP contribution in [-0.2, 0) is 20.3 Å². The SMILES string of the molecule is CC[C@H](C)C[C@H](C)/C=C/CC[C@@H](O[Si](C)(C)C(C)(C)C)[C@@H](Cc1ccc(OCOC)cc1)NC(=O)OC(C)(C)C. The number of carbonyl (C=O) groups excluding carboxylic acids is 1. The van der Waals surface area contributed by atoms with Crippen LogP contribution in [0.2, 0.25) is 18.1 Å². The fraction of sp³-hybridized carbons (Fsp3) is 0.727. The van der Waals surface area contributed by atoms with Crippen molar-refractivity contribution in [2.24, 2.45) is 11.8 Å². The van der Waals surface area contributed by atoms with Gasteiger partial charge >= 0.3 is 6.09 Å². The number of rotatable bonds is 16. The lowest BCUT2D eigenvalue weighted by Crippen LogP contribution is -2.53. The average Bonchev–Trinajstić information content (AvgIpc) is 2.83. The third-order valence-corrected chi connectivity index (χ3v) is 12.2. The second-order valence-corrected chi connectivity index (χ2v) is 18.6. The lowest BCUT2D eigenvalue weighted by Gasteiger charge is -2.41. The zero-order valence-electron chi connectivity index (χ0n) is 27.6. The first-order valence-electron chi connectivity index (χ1n) is 15.0. The Balaban J connectivity index is 3.25. The number of benzene rings is 1. The number of ether oxygens (including phenoxy) is 3. The summed E-state index contributed by atoms with van der Waals surface area (Å²) in [5.74, 6) is 2.01. The summed E-state index contributed by atoms with van der Waals surface area (Å²) in [4.78, 5) is 13.0. The molecule has 7 heteroatoms.